The maximum absolute atomic E-state index is 12.3. The molecule has 0 fully saturated rings. The zero-order valence-corrected chi connectivity index (χ0v) is 11.4. The van der Waals surface area contributed by atoms with Gasteiger partial charge in [-0.1, -0.05) is 18.2 Å². The molecule has 1 amide bonds. The molecule has 7 heteroatoms. The lowest BCUT2D eigenvalue weighted by molar-refractivity contribution is -0.384. The number of carbonyl (C=O) groups is 1. The fourth-order valence-electron chi connectivity index (χ4n) is 2.34. The topological polar surface area (TPSA) is 102 Å². The lowest BCUT2D eigenvalue weighted by Gasteiger charge is -2.11. The molecule has 0 aromatic heterocycles. The van der Waals surface area contributed by atoms with E-state index >= 15 is 0 Å². The lowest BCUT2D eigenvalue weighted by Crippen LogP contribution is -2.22. The third kappa shape index (κ3) is 2.44. The second-order valence-electron chi connectivity index (χ2n) is 4.85. The quantitative estimate of drug-likeness (QED) is 0.515. The zero-order valence-electron chi connectivity index (χ0n) is 11.4. The molecule has 0 saturated carbocycles. The standard InChI is InChI=1S/C15H12N2O5/c18-13-6-5-9(17(20)21)7-12(13)16-15(19)11-8-22-14-4-2-1-3-10(11)14/h1-7,11,18H,8H2,(H,16,19)/t11-/m0/s1. The van der Waals surface area contributed by atoms with Crippen LogP contribution in [0.1, 0.15) is 11.5 Å². The molecule has 0 radical (unpaired) electrons. The van der Waals surface area contributed by atoms with Gasteiger partial charge >= 0.3 is 0 Å². The van der Waals surface area contributed by atoms with Crippen LogP contribution in [0, 0.1) is 10.1 Å². The molecule has 1 aliphatic rings. The minimum Gasteiger partial charge on any atom is -0.506 e. The van der Waals surface area contributed by atoms with Gasteiger partial charge in [-0.3, -0.25) is 14.9 Å². The largest absolute Gasteiger partial charge is 0.506 e. The number of nitrogens with one attached hydrogen (secondary N) is 1. The van der Waals surface area contributed by atoms with Crippen molar-refractivity contribution < 1.29 is 19.6 Å². The first-order valence-electron chi connectivity index (χ1n) is 6.56. The number of phenols is 1. The van der Waals surface area contributed by atoms with Crippen LogP contribution >= 0.6 is 0 Å². The zero-order chi connectivity index (χ0) is 15.7. The van der Waals surface area contributed by atoms with Gasteiger partial charge in [0.2, 0.25) is 5.91 Å². The molecule has 1 heterocycles. The van der Waals surface area contributed by atoms with Gasteiger partial charge in [-0.15, -0.1) is 0 Å². The highest BCUT2D eigenvalue weighted by atomic mass is 16.6. The van der Waals surface area contributed by atoms with Crippen LogP contribution in [-0.4, -0.2) is 22.5 Å². The molecule has 0 saturated heterocycles. The van der Waals surface area contributed by atoms with Crippen molar-refractivity contribution in [1.82, 2.24) is 0 Å². The Balaban J connectivity index is 1.84. The third-order valence-corrected chi connectivity index (χ3v) is 3.47. The molecule has 2 aromatic carbocycles. The van der Waals surface area contributed by atoms with Crippen LogP contribution in [0.25, 0.3) is 0 Å². The molecule has 0 unspecified atom stereocenters. The molecule has 1 aliphatic heterocycles. The summed E-state index contributed by atoms with van der Waals surface area (Å²) in [4.78, 5) is 22.5. The lowest BCUT2D eigenvalue weighted by atomic mass is 10.0. The second kappa shape index (κ2) is 5.36. The number of ether oxygens (including phenoxy) is 1. The van der Waals surface area contributed by atoms with Gasteiger partial charge in [0.1, 0.15) is 24.0 Å². The predicted molar refractivity (Wildman–Crippen MR) is 78.1 cm³/mol. The smallest absolute Gasteiger partial charge is 0.271 e. The van der Waals surface area contributed by atoms with Crippen molar-refractivity contribution in [3.05, 3.63) is 58.1 Å². The first kappa shape index (κ1) is 13.9. The molecule has 2 aromatic rings. The van der Waals surface area contributed by atoms with Crippen molar-refractivity contribution in [2.75, 3.05) is 11.9 Å². The molecule has 0 bridgehead atoms. The highest BCUT2D eigenvalue weighted by molar-refractivity contribution is 5.98. The summed E-state index contributed by atoms with van der Waals surface area (Å²) in [5, 5.41) is 23.0. The summed E-state index contributed by atoms with van der Waals surface area (Å²) in [5.41, 5.74) is 0.546. The Labute approximate surface area is 125 Å². The first-order chi connectivity index (χ1) is 10.6. The van der Waals surface area contributed by atoms with Crippen molar-refractivity contribution >= 4 is 17.3 Å². The number of nitro groups is 1. The average Bonchev–Trinajstić information content (AvgIpc) is 2.93. The van der Waals surface area contributed by atoms with E-state index in [4.69, 9.17) is 4.74 Å². The summed E-state index contributed by atoms with van der Waals surface area (Å²) in [6.45, 7) is 0.195. The molecular weight excluding hydrogens is 288 g/mol. The van der Waals surface area contributed by atoms with Crippen molar-refractivity contribution in [2.24, 2.45) is 0 Å². The van der Waals surface area contributed by atoms with E-state index in [9.17, 15) is 20.0 Å². The number of amides is 1. The van der Waals surface area contributed by atoms with E-state index in [0.717, 1.165) is 11.6 Å². The van der Waals surface area contributed by atoms with Gasteiger partial charge in [0, 0.05) is 17.7 Å². The van der Waals surface area contributed by atoms with Crippen LogP contribution in [0.5, 0.6) is 11.5 Å². The van der Waals surface area contributed by atoms with Gasteiger partial charge in [0.25, 0.3) is 5.69 Å². The molecule has 3 rings (SSSR count). The summed E-state index contributed by atoms with van der Waals surface area (Å²) in [5.74, 6) is -0.493. The summed E-state index contributed by atoms with van der Waals surface area (Å²) < 4.78 is 5.43. The molecule has 22 heavy (non-hydrogen) atoms. The van der Waals surface area contributed by atoms with Gasteiger partial charge in [-0.2, -0.15) is 0 Å². The van der Waals surface area contributed by atoms with E-state index in [1.165, 1.54) is 12.1 Å². The number of nitrogens with zero attached hydrogens (tertiary/aromatic N) is 1. The molecule has 7 nitrogen and oxygen atoms in total. The number of fused-ring (bicyclic) bond motifs is 1. The Morgan fingerprint density at radius 1 is 1.32 bits per heavy atom. The van der Waals surface area contributed by atoms with E-state index in [0.29, 0.717) is 5.75 Å². The summed E-state index contributed by atoms with van der Waals surface area (Å²) in [6.07, 6.45) is 0. The van der Waals surface area contributed by atoms with Gasteiger partial charge in [0.05, 0.1) is 10.6 Å². The van der Waals surface area contributed by atoms with Crippen molar-refractivity contribution in [3.8, 4) is 11.5 Å². The van der Waals surface area contributed by atoms with Crippen LogP contribution in [0.4, 0.5) is 11.4 Å². The number of nitro benzene ring substituents is 1. The number of anilines is 1. The van der Waals surface area contributed by atoms with E-state index in [1.807, 2.05) is 6.07 Å². The second-order valence-corrected chi connectivity index (χ2v) is 4.85. The third-order valence-electron chi connectivity index (χ3n) is 3.47. The SMILES string of the molecule is O=C(Nc1cc([N+](=O)[O-])ccc1O)[C@H]1COc2ccccc21. The minimum atomic E-state index is -0.594. The maximum atomic E-state index is 12.3. The van der Waals surface area contributed by atoms with E-state index in [-0.39, 0.29) is 29.6 Å². The molecule has 2 N–H and O–H groups in total. The highest BCUT2D eigenvalue weighted by Crippen LogP contribution is 2.35. The monoisotopic (exact) mass is 300 g/mol. The molecule has 0 aliphatic carbocycles. The van der Waals surface area contributed by atoms with Gasteiger partial charge < -0.3 is 15.2 Å². The first-order valence-corrected chi connectivity index (χ1v) is 6.56. The predicted octanol–water partition coefficient (Wildman–Crippen LogP) is 2.42. The number of non-ortho nitro benzene ring substituents is 1. The number of para-hydroxylation sites is 1. The Kier molecular flexibility index (Phi) is 3.38. The van der Waals surface area contributed by atoms with E-state index in [2.05, 4.69) is 5.32 Å². The van der Waals surface area contributed by atoms with Gasteiger partial charge in [0.15, 0.2) is 0 Å². The number of aromatic hydroxyl groups is 1. The Morgan fingerprint density at radius 2 is 2.09 bits per heavy atom. The number of hydrogen-bond donors (Lipinski definition) is 2. The molecule has 0 spiro atoms. The van der Waals surface area contributed by atoms with Crippen LogP contribution in [0.2, 0.25) is 0 Å². The van der Waals surface area contributed by atoms with Gasteiger partial charge in [-0.25, -0.2) is 0 Å². The molecular formula is C15H12N2O5. The van der Waals surface area contributed by atoms with Crippen molar-refractivity contribution in [2.45, 2.75) is 5.92 Å². The Bertz CT molecular complexity index is 759. The number of rotatable bonds is 3. The fraction of sp³-hybridized carbons (Fsp3) is 0.133. The normalized spacial score (nSPS) is 15.7. The highest BCUT2D eigenvalue weighted by Gasteiger charge is 2.30. The van der Waals surface area contributed by atoms with Crippen molar-refractivity contribution in [1.29, 1.82) is 0 Å². The van der Waals surface area contributed by atoms with Gasteiger partial charge in [-0.05, 0) is 12.1 Å². The van der Waals surface area contributed by atoms with E-state index in [1.54, 1.807) is 18.2 Å². The number of carbonyl (C=O) groups excluding carboxylic acids is 1. The number of benzene rings is 2. The molecule has 1 atom stereocenters. The van der Waals surface area contributed by atoms with Crippen molar-refractivity contribution in [3.63, 3.8) is 0 Å². The summed E-state index contributed by atoms with van der Waals surface area (Å²) in [6, 6.07) is 10.6. The Hall–Kier alpha value is -3.09. The number of phenolic OH excluding ortho intramolecular Hbond substituents is 1. The maximum Gasteiger partial charge on any atom is 0.271 e. The van der Waals surface area contributed by atoms with Crippen LogP contribution < -0.4 is 10.1 Å². The summed E-state index contributed by atoms with van der Waals surface area (Å²) in [7, 11) is 0. The average molecular weight is 300 g/mol. The molecule has 112 valence electrons. The van der Waals surface area contributed by atoms with Crippen LogP contribution in [0.3, 0.4) is 0 Å². The Morgan fingerprint density at radius 3 is 2.86 bits per heavy atom. The number of hydrogen-bond acceptors (Lipinski definition) is 5. The van der Waals surface area contributed by atoms with Crippen LogP contribution in [0.15, 0.2) is 42.5 Å². The van der Waals surface area contributed by atoms with E-state index < -0.39 is 10.8 Å². The minimum absolute atomic E-state index is 0.00332. The fourth-order valence-corrected chi connectivity index (χ4v) is 2.34. The summed E-state index contributed by atoms with van der Waals surface area (Å²) >= 11 is 0. The van der Waals surface area contributed by atoms with Crippen LogP contribution in [-0.2, 0) is 4.79 Å².